The number of hydrogen-bond acceptors (Lipinski definition) is 5. The maximum absolute atomic E-state index is 12.7. The largest absolute Gasteiger partial charge is 0.369 e. The number of para-hydroxylation sites is 1. The van der Waals surface area contributed by atoms with Gasteiger partial charge in [0.05, 0.1) is 6.54 Å². The van der Waals surface area contributed by atoms with Gasteiger partial charge in [-0.2, -0.15) is 0 Å². The van der Waals surface area contributed by atoms with Crippen LogP contribution in [-0.2, 0) is 4.79 Å². The molecule has 3 heterocycles. The summed E-state index contributed by atoms with van der Waals surface area (Å²) in [5.41, 5.74) is 1.26. The van der Waals surface area contributed by atoms with Crippen molar-refractivity contribution in [3.05, 3.63) is 30.3 Å². The maximum atomic E-state index is 12.7. The maximum Gasteiger partial charge on any atom is 0.333 e. The summed E-state index contributed by atoms with van der Waals surface area (Å²) < 4.78 is 2.03. The Balaban J connectivity index is 1.48. The molecule has 1 aromatic rings. The van der Waals surface area contributed by atoms with Gasteiger partial charge in [0.2, 0.25) is 0 Å². The highest BCUT2D eigenvalue weighted by molar-refractivity contribution is 6.23. The van der Waals surface area contributed by atoms with Crippen molar-refractivity contribution in [3.8, 4) is 0 Å². The van der Waals surface area contributed by atoms with E-state index in [1.165, 1.54) is 22.5 Å². The smallest absolute Gasteiger partial charge is 0.333 e. The van der Waals surface area contributed by atoms with E-state index in [2.05, 4.69) is 34.1 Å². The summed E-state index contributed by atoms with van der Waals surface area (Å²) in [6.45, 7) is 7.19. The van der Waals surface area contributed by atoms with Crippen LogP contribution >= 0.6 is 0 Å². The minimum Gasteiger partial charge on any atom is -0.369 e. The number of fused-ring (bicyclic) bond motifs is 1. The van der Waals surface area contributed by atoms with E-state index in [0.717, 1.165) is 32.0 Å². The number of likely N-dealkylation sites (N-methyl/N-ethyl adjacent to an activating group) is 3. The molecular formula is C20H27N6O2+. The number of rotatable bonds is 4. The van der Waals surface area contributed by atoms with Crippen molar-refractivity contribution in [3.63, 3.8) is 0 Å². The summed E-state index contributed by atoms with van der Waals surface area (Å²) in [6.07, 6.45) is 0. The number of aliphatic imine (C=N–C) groups is 1. The number of benzene rings is 1. The number of anilines is 1. The fraction of sp³-hybridized carbons (Fsp3) is 0.500. The van der Waals surface area contributed by atoms with Crippen molar-refractivity contribution in [1.29, 1.82) is 0 Å². The number of amides is 3. The molecule has 3 aliphatic heterocycles. The molecule has 4 rings (SSSR count). The second-order valence-corrected chi connectivity index (χ2v) is 7.41. The zero-order valence-electron chi connectivity index (χ0n) is 16.7. The third-order valence-corrected chi connectivity index (χ3v) is 5.81. The normalized spacial score (nSPS) is 23.5. The number of nitrogens with zero attached hydrogens (tertiary/aromatic N) is 6. The molecule has 1 atom stereocenters. The van der Waals surface area contributed by atoms with Gasteiger partial charge in [-0.15, -0.1) is 0 Å². The molecule has 0 N–H and O–H groups in total. The van der Waals surface area contributed by atoms with E-state index in [1.54, 1.807) is 7.05 Å². The lowest BCUT2D eigenvalue weighted by Gasteiger charge is -2.35. The SMILES string of the molecule is CC[N+]1=C(CN2CCN(c3ccccc3)CC2)N=C2C1C(=O)N(C)C(=O)N2C. The first-order valence-corrected chi connectivity index (χ1v) is 9.80. The molecule has 8 nitrogen and oxygen atoms in total. The van der Waals surface area contributed by atoms with Crippen molar-refractivity contribution in [2.45, 2.75) is 13.0 Å². The van der Waals surface area contributed by atoms with Gasteiger partial charge < -0.3 is 4.90 Å². The number of amidine groups is 2. The molecule has 148 valence electrons. The highest BCUT2D eigenvalue weighted by Gasteiger charge is 2.52. The summed E-state index contributed by atoms with van der Waals surface area (Å²) in [5, 5.41) is 0. The van der Waals surface area contributed by atoms with Crippen LogP contribution in [0, 0.1) is 0 Å². The standard InChI is InChI=1S/C20H27N6O2/c1-4-26-16(21-18-17(26)19(27)23(3)20(28)22(18)2)14-24-10-12-25(13-11-24)15-8-6-5-7-9-15/h5-9,17H,4,10-14H2,1-3H3/q+1. The molecule has 1 unspecified atom stereocenters. The first kappa shape index (κ1) is 18.6. The number of hydrogen-bond donors (Lipinski definition) is 0. The van der Waals surface area contributed by atoms with Gasteiger partial charge in [0.1, 0.15) is 6.54 Å². The van der Waals surface area contributed by atoms with E-state index in [-0.39, 0.29) is 11.9 Å². The Morgan fingerprint density at radius 2 is 1.71 bits per heavy atom. The summed E-state index contributed by atoms with van der Waals surface area (Å²) in [6, 6.07) is 9.65. The summed E-state index contributed by atoms with van der Waals surface area (Å²) in [4.78, 5) is 37.1. The zero-order chi connectivity index (χ0) is 19.8. The van der Waals surface area contributed by atoms with Crippen LogP contribution in [0.25, 0.3) is 0 Å². The van der Waals surface area contributed by atoms with Crippen LogP contribution in [-0.4, -0.2) is 102 Å². The molecule has 0 radical (unpaired) electrons. The molecule has 2 saturated heterocycles. The van der Waals surface area contributed by atoms with Crippen molar-refractivity contribution >= 4 is 29.3 Å². The molecule has 3 aliphatic rings. The Labute approximate surface area is 165 Å². The van der Waals surface area contributed by atoms with Crippen LogP contribution in [0.4, 0.5) is 10.5 Å². The van der Waals surface area contributed by atoms with Crippen LogP contribution in [0.15, 0.2) is 35.3 Å². The lowest BCUT2D eigenvalue weighted by molar-refractivity contribution is -0.532. The van der Waals surface area contributed by atoms with Crippen LogP contribution in [0.5, 0.6) is 0 Å². The van der Waals surface area contributed by atoms with Gasteiger partial charge >= 0.3 is 11.9 Å². The predicted molar refractivity (Wildman–Crippen MR) is 108 cm³/mol. The lowest BCUT2D eigenvalue weighted by Crippen LogP contribution is -2.61. The summed E-state index contributed by atoms with van der Waals surface area (Å²) in [5.74, 6) is 1.22. The minimum atomic E-state index is -0.488. The molecule has 0 spiro atoms. The average molecular weight is 383 g/mol. The quantitative estimate of drug-likeness (QED) is 0.713. The molecule has 0 aromatic heterocycles. The van der Waals surface area contributed by atoms with Gasteiger partial charge in [-0.3, -0.25) is 19.5 Å². The Kier molecular flexibility index (Phi) is 4.89. The predicted octanol–water partition coefficient (Wildman–Crippen LogP) is 0.544. The van der Waals surface area contributed by atoms with Gasteiger partial charge in [-0.05, 0) is 24.0 Å². The molecule has 3 amide bonds. The van der Waals surface area contributed by atoms with E-state index in [0.29, 0.717) is 18.9 Å². The van der Waals surface area contributed by atoms with Gasteiger partial charge in [0.15, 0.2) is 0 Å². The highest BCUT2D eigenvalue weighted by Crippen LogP contribution is 2.20. The second kappa shape index (κ2) is 7.35. The monoisotopic (exact) mass is 383 g/mol. The molecule has 0 aliphatic carbocycles. The minimum absolute atomic E-state index is 0.201. The highest BCUT2D eigenvalue weighted by atomic mass is 16.2. The van der Waals surface area contributed by atoms with Crippen molar-refractivity contribution < 1.29 is 14.2 Å². The summed E-state index contributed by atoms with van der Waals surface area (Å²) >= 11 is 0. The van der Waals surface area contributed by atoms with E-state index in [9.17, 15) is 9.59 Å². The van der Waals surface area contributed by atoms with Gasteiger partial charge in [0.25, 0.3) is 17.8 Å². The average Bonchev–Trinajstić information content (AvgIpc) is 3.10. The fourth-order valence-electron chi connectivity index (χ4n) is 4.14. The van der Waals surface area contributed by atoms with Crippen molar-refractivity contribution in [1.82, 2.24) is 14.7 Å². The number of carbonyl (C=O) groups is 2. The third kappa shape index (κ3) is 3.07. The molecule has 1 aromatic carbocycles. The lowest BCUT2D eigenvalue weighted by atomic mass is 10.1. The molecule has 8 heteroatoms. The second-order valence-electron chi connectivity index (χ2n) is 7.41. The van der Waals surface area contributed by atoms with Crippen LogP contribution in [0.2, 0.25) is 0 Å². The topological polar surface area (TPSA) is 62.5 Å². The Bertz CT molecular complexity index is 842. The number of piperazine rings is 1. The third-order valence-electron chi connectivity index (χ3n) is 5.81. The Morgan fingerprint density at radius 1 is 1.04 bits per heavy atom. The van der Waals surface area contributed by atoms with Crippen LogP contribution in [0.1, 0.15) is 6.92 Å². The number of imide groups is 1. The van der Waals surface area contributed by atoms with Crippen LogP contribution in [0.3, 0.4) is 0 Å². The van der Waals surface area contributed by atoms with Crippen molar-refractivity contribution in [2.24, 2.45) is 4.99 Å². The number of carbonyl (C=O) groups excluding carboxylic acids is 2. The molecule has 0 saturated carbocycles. The van der Waals surface area contributed by atoms with Gasteiger partial charge in [0, 0.05) is 46.0 Å². The molecule has 2 fully saturated rings. The first-order valence-electron chi connectivity index (χ1n) is 9.80. The van der Waals surface area contributed by atoms with E-state index < -0.39 is 6.04 Å². The Morgan fingerprint density at radius 3 is 2.36 bits per heavy atom. The molecule has 0 bridgehead atoms. The van der Waals surface area contributed by atoms with E-state index in [1.807, 2.05) is 17.6 Å². The van der Waals surface area contributed by atoms with Crippen LogP contribution < -0.4 is 4.90 Å². The first-order chi connectivity index (χ1) is 13.5. The van der Waals surface area contributed by atoms with Crippen molar-refractivity contribution in [2.75, 3.05) is 58.3 Å². The fourth-order valence-corrected chi connectivity index (χ4v) is 4.14. The van der Waals surface area contributed by atoms with E-state index >= 15 is 0 Å². The van der Waals surface area contributed by atoms with E-state index in [4.69, 9.17) is 4.99 Å². The van der Waals surface area contributed by atoms with Gasteiger partial charge in [-0.25, -0.2) is 9.37 Å². The zero-order valence-corrected chi connectivity index (χ0v) is 16.7. The number of urea groups is 1. The Hall–Kier alpha value is -2.74. The molecular weight excluding hydrogens is 356 g/mol. The van der Waals surface area contributed by atoms with Gasteiger partial charge in [-0.1, -0.05) is 18.2 Å². The molecule has 28 heavy (non-hydrogen) atoms. The summed E-state index contributed by atoms with van der Waals surface area (Å²) in [7, 11) is 3.22.